The van der Waals surface area contributed by atoms with Gasteiger partial charge in [-0.15, -0.1) is 0 Å². The van der Waals surface area contributed by atoms with Crippen LogP contribution in [0.25, 0.3) is 0 Å². The van der Waals surface area contributed by atoms with E-state index in [-0.39, 0.29) is 33.2 Å². The van der Waals surface area contributed by atoms with Gasteiger partial charge in [-0.25, -0.2) is 0 Å². The van der Waals surface area contributed by atoms with Crippen LogP contribution in [0.1, 0.15) is 104 Å². The van der Waals surface area contributed by atoms with Gasteiger partial charge >= 0.3 is 0 Å². The molecule has 0 aliphatic heterocycles. The Kier molecular flexibility index (Phi) is 6.66. The summed E-state index contributed by atoms with van der Waals surface area (Å²) in [6, 6.07) is 8.18. The molecule has 182 valence electrons. The Hall–Kier alpha value is -1.38. The first-order valence-corrected chi connectivity index (χ1v) is 12.7. The third kappa shape index (κ3) is 5.03. The maximum absolute atomic E-state index is 10.8. The number of phenols is 2. The van der Waals surface area contributed by atoms with Crippen LogP contribution in [0, 0.1) is 11.3 Å². The van der Waals surface area contributed by atoms with E-state index in [1.54, 1.807) is 0 Å². The molecule has 1 aliphatic carbocycles. The first kappa shape index (κ1) is 26.2. The van der Waals surface area contributed by atoms with Crippen molar-refractivity contribution in [2.45, 2.75) is 97.8 Å². The molecule has 0 aromatic heterocycles. The van der Waals surface area contributed by atoms with E-state index in [2.05, 4.69) is 74.4 Å². The van der Waals surface area contributed by atoms with Crippen molar-refractivity contribution in [2.24, 2.45) is 11.3 Å². The zero-order valence-corrected chi connectivity index (χ0v) is 23.2. The van der Waals surface area contributed by atoms with Crippen molar-refractivity contribution in [3.63, 3.8) is 0 Å². The van der Waals surface area contributed by atoms with Gasteiger partial charge in [-0.05, 0) is 64.7 Å². The van der Waals surface area contributed by atoms with E-state index in [0.717, 1.165) is 41.5 Å². The second kappa shape index (κ2) is 8.38. The van der Waals surface area contributed by atoms with Gasteiger partial charge in [-0.2, -0.15) is 0 Å². The zero-order valence-electron chi connectivity index (χ0n) is 21.7. The lowest BCUT2D eigenvalue weighted by Gasteiger charge is -2.49. The lowest BCUT2D eigenvalue weighted by molar-refractivity contribution is 0.126. The second-order valence-electron chi connectivity index (χ2n) is 13.1. The van der Waals surface area contributed by atoms with Crippen LogP contribution in [0.4, 0.5) is 0 Å². The monoisotopic (exact) mass is 490 g/mol. The summed E-state index contributed by atoms with van der Waals surface area (Å²) in [5.74, 6) is 0.806. The minimum absolute atomic E-state index is 0.107. The maximum atomic E-state index is 10.8. The summed E-state index contributed by atoms with van der Waals surface area (Å²) >= 11 is 13.3. The van der Waals surface area contributed by atoms with Crippen LogP contribution >= 0.6 is 23.2 Å². The molecule has 1 aliphatic rings. The molecule has 33 heavy (non-hydrogen) atoms. The highest BCUT2D eigenvalue weighted by Crippen LogP contribution is 2.56. The summed E-state index contributed by atoms with van der Waals surface area (Å²) in [4.78, 5) is 0. The summed E-state index contributed by atoms with van der Waals surface area (Å²) in [7, 11) is 0. The number of hydrogen-bond acceptors (Lipinski definition) is 2. The average Bonchev–Trinajstić information content (AvgIpc) is 2.62. The summed E-state index contributed by atoms with van der Waals surface area (Å²) in [5, 5.41) is 22.4. The molecule has 0 amide bonds. The standard InChI is InChI=1S/C29H40Cl2O2/c1-17-14-28(8,9)16-29(15-17,18-10-20(26(2,3)4)24(32)22(30)12-18)19-11-21(27(5,6)7)25(33)23(31)13-19/h10-13,17,32-33H,14-16H2,1-9H3. The van der Waals surface area contributed by atoms with Gasteiger partial charge in [-0.3, -0.25) is 0 Å². The molecule has 1 atom stereocenters. The van der Waals surface area contributed by atoms with Gasteiger partial charge in [0.15, 0.2) is 0 Å². The number of rotatable bonds is 2. The van der Waals surface area contributed by atoms with E-state index in [9.17, 15) is 10.2 Å². The normalized spacial score (nSPS) is 20.6. The van der Waals surface area contributed by atoms with Crippen molar-refractivity contribution in [3.8, 4) is 11.5 Å². The molecule has 3 rings (SSSR count). The van der Waals surface area contributed by atoms with Crippen LogP contribution in [0.15, 0.2) is 24.3 Å². The largest absolute Gasteiger partial charge is 0.506 e. The fourth-order valence-electron chi connectivity index (χ4n) is 6.07. The van der Waals surface area contributed by atoms with Gasteiger partial charge in [0.25, 0.3) is 0 Å². The summed E-state index contributed by atoms with van der Waals surface area (Å²) in [6.07, 6.45) is 3.02. The first-order chi connectivity index (χ1) is 14.9. The Balaban J connectivity index is 2.41. The fraction of sp³-hybridized carbons (Fsp3) is 0.586. The Morgan fingerprint density at radius 2 is 1.15 bits per heavy atom. The molecule has 2 N–H and O–H groups in total. The second-order valence-corrected chi connectivity index (χ2v) is 14.0. The summed E-state index contributed by atoms with van der Waals surface area (Å²) in [5.41, 5.74) is 3.16. The molecule has 1 unspecified atom stereocenters. The van der Waals surface area contributed by atoms with Crippen molar-refractivity contribution in [3.05, 3.63) is 56.6 Å². The van der Waals surface area contributed by atoms with E-state index in [0.29, 0.717) is 16.0 Å². The number of phenolic OH excluding ortho intramolecular Hbond substituents is 2. The van der Waals surface area contributed by atoms with Crippen LogP contribution in [0.3, 0.4) is 0 Å². The van der Waals surface area contributed by atoms with Gasteiger partial charge in [0.05, 0.1) is 10.0 Å². The molecular weight excluding hydrogens is 451 g/mol. The van der Waals surface area contributed by atoms with Crippen LogP contribution in [-0.4, -0.2) is 10.2 Å². The Bertz CT molecular complexity index is 985. The molecule has 2 aromatic rings. The third-order valence-corrected chi connectivity index (χ3v) is 7.80. The molecular formula is C29H40Cl2O2. The fourth-order valence-corrected chi connectivity index (χ4v) is 6.51. The van der Waals surface area contributed by atoms with Crippen LogP contribution in [0.5, 0.6) is 11.5 Å². The lowest BCUT2D eigenvalue weighted by Crippen LogP contribution is -2.41. The van der Waals surface area contributed by atoms with Gasteiger partial charge in [0.1, 0.15) is 11.5 Å². The highest BCUT2D eigenvalue weighted by Gasteiger charge is 2.46. The molecule has 0 saturated heterocycles. The van der Waals surface area contributed by atoms with Crippen molar-refractivity contribution in [1.82, 2.24) is 0 Å². The van der Waals surface area contributed by atoms with Gasteiger partial charge in [0.2, 0.25) is 0 Å². The topological polar surface area (TPSA) is 40.5 Å². The van der Waals surface area contributed by atoms with Gasteiger partial charge < -0.3 is 10.2 Å². The maximum Gasteiger partial charge on any atom is 0.137 e. The van der Waals surface area contributed by atoms with E-state index >= 15 is 0 Å². The van der Waals surface area contributed by atoms with Crippen LogP contribution in [0.2, 0.25) is 10.0 Å². The van der Waals surface area contributed by atoms with Gasteiger partial charge in [-0.1, -0.05) is 97.6 Å². The number of benzene rings is 2. The molecule has 2 nitrogen and oxygen atoms in total. The molecule has 0 radical (unpaired) electrons. The predicted octanol–water partition coefficient (Wildman–Crippen LogP) is 9.13. The number of halogens is 2. The Morgan fingerprint density at radius 1 is 0.758 bits per heavy atom. The van der Waals surface area contributed by atoms with Crippen LogP contribution in [-0.2, 0) is 16.2 Å². The highest BCUT2D eigenvalue weighted by molar-refractivity contribution is 6.32. The summed E-state index contributed by atoms with van der Waals surface area (Å²) < 4.78 is 0. The van der Waals surface area contributed by atoms with E-state index < -0.39 is 0 Å². The predicted molar refractivity (Wildman–Crippen MR) is 141 cm³/mol. The molecule has 1 saturated carbocycles. The Labute approximate surface area is 210 Å². The van der Waals surface area contributed by atoms with E-state index in [4.69, 9.17) is 23.2 Å². The van der Waals surface area contributed by atoms with Crippen molar-refractivity contribution >= 4 is 23.2 Å². The molecule has 4 heteroatoms. The number of hydrogen-bond donors (Lipinski definition) is 2. The highest BCUT2D eigenvalue weighted by atomic mass is 35.5. The van der Waals surface area contributed by atoms with E-state index in [1.807, 2.05) is 12.1 Å². The molecule has 0 spiro atoms. The zero-order chi connectivity index (χ0) is 25.1. The SMILES string of the molecule is CC1CC(C)(C)CC(c2cc(Cl)c(O)c(C(C)(C)C)c2)(c2cc(Cl)c(O)c(C(C)(C)C)c2)C1. The molecule has 0 bridgehead atoms. The Morgan fingerprint density at radius 3 is 1.48 bits per heavy atom. The minimum atomic E-state index is -0.337. The van der Waals surface area contributed by atoms with Gasteiger partial charge in [0, 0.05) is 16.5 Å². The van der Waals surface area contributed by atoms with Crippen molar-refractivity contribution < 1.29 is 10.2 Å². The lowest BCUT2D eigenvalue weighted by atomic mass is 9.55. The van der Waals surface area contributed by atoms with Crippen molar-refractivity contribution in [2.75, 3.05) is 0 Å². The smallest absolute Gasteiger partial charge is 0.137 e. The molecule has 2 aromatic carbocycles. The summed E-state index contributed by atoms with van der Waals surface area (Å²) in [6.45, 7) is 19.5. The van der Waals surface area contributed by atoms with Crippen LogP contribution < -0.4 is 0 Å². The first-order valence-electron chi connectivity index (χ1n) is 11.9. The van der Waals surface area contributed by atoms with E-state index in [1.165, 1.54) is 0 Å². The quantitative estimate of drug-likeness (QED) is 0.440. The average molecular weight is 492 g/mol. The van der Waals surface area contributed by atoms with Crippen molar-refractivity contribution in [1.29, 1.82) is 0 Å². The molecule has 1 fully saturated rings. The minimum Gasteiger partial charge on any atom is -0.506 e. The number of aromatic hydroxyl groups is 2. The molecule has 0 heterocycles. The third-order valence-electron chi connectivity index (χ3n) is 7.23.